The Morgan fingerprint density at radius 1 is 1.25 bits per heavy atom. The number of carbonyl (C=O) groups is 2. The average molecular weight is 390 g/mol. The van der Waals surface area contributed by atoms with Crippen LogP contribution in [0.1, 0.15) is 34.6 Å². The Hall–Kier alpha value is -3.09. The van der Waals surface area contributed by atoms with Crippen molar-refractivity contribution in [3.8, 4) is 5.75 Å². The van der Waals surface area contributed by atoms with Crippen LogP contribution >= 0.6 is 0 Å². The monoisotopic (exact) mass is 390 g/mol. The molecular formula is C21H27FN2O4. The molecule has 0 radical (unpaired) electrons. The normalized spacial score (nSPS) is 10.8. The van der Waals surface area contributed by atoms with Gasteiger partial charge < -0.3 is 19.7 Å². The van der Waals surface area contributed by atoms with Crippen molar-refractivity contribution in [1.29, 1.82) is 0 Å². The number of allylic oxidation sites excluding steroid dienone is 3. The van der Waals surface area contributed by atoms with Gasteiger partial charge in [0.1, 0.15) is 5.76 Å². The lowest BCUT2D eigenvalue weighted by Crippen LogP contribution is -2.30. The first-order valence-corrected chi connectivity index (χ1v) is 8.77. The first kappa shape index (κ1) is 23.0. The quantitative estimate of drug-likeness (QED) is 0.308. The molecule has 0 bridgehead atoms. The van der Waals surface area contributed by atoms with E-state index in [2.05, 4.69) is 11.9 Å². The molecule has 0 aliphatic heterocycles. The van der Waals surface area contributed by atoms with Crippen molar-refractivity contribution in [1.82, 2.24) is 4.90 Å². The van der Waals surface area contributed by atoms with Crippen LogP contribution < -0.4 is 10.1 Å². The molecule has 2 amide bonds. The zero-order valence-electron chi connectivity index (χ0n) is 17.2. The molecule has 0 saturated carbocycles. The van der Waals surface area contributed by atoms with Gasteiger partial charge in [0.25, 0.3) is 0 Å². The highest BCUT2D eigenvalue weighted by Gasteiger charge is 2.14. The topological polar surface area (TPSA) is 67.9 Å². The number of ether oxygens (including phenoxy) is 2. The highest BCUT2D eigenvalue weighted by atomic mass is 19.1. The summed E-state index contributed by atoms with van der Waals surface area (Å²) in [7, 11) is 1.57. The first-order chi connectivity index (χ1) is 13.1. The third-order valence-corrected chi connectivity index (χ3v) is 3.70. The van der Waals surface area contributed by atoms with E-state index in [1.54, 1.807) is 47.7 Å². The second-order valence-electron chi connectivity index (χ2n) is 6.39. The van der Waals surface area contributed by atoms with Crippen molar-refractivity contribution < 1.29 is 23.5 Å². The lowest BCUT2D eigenvalue weighted by Gasteiger charge is -2.20. The van der Waals surface area contributed by atoms with Gasteiger partial charge in [0.15, 0.2) is 11.6 Å². The summed E-state index contributed by atoms with van der Waals surface area (Å²) in [6, 6.07) is 3.64. The van der Waals surface area contributed by atoms with Crippen molar-refractivity contribution in [2.75, 3.05) is 19.0 Å². The summed E-state index contributed by atoms with van der Waals surface area (Å²) in [5.41, 5.74) is 1.97. The van der Waals surface area contributed by atoms with Gasteiger partial charge in [0.2, 0.25) is 0 Å². The Bertz CT molecular complexity index is 824. The standard InChI is InChI=1S/C21H27FN2O4/c1-8-27-19-12-16(9-10-17(19)22)23-21(26)24(7)15(6)11-18(13(2)3)28-20(25)14(4)5/h9-12H,4,8H2,1-3,5-7H3,(H,23,26)/b15-11+. The third kappa shape index (κ3) is 6.57. The molecular weight excluding hydrogens is 363 g/mol. The predicted octanol–water partition coefficient (Wildman–Crippen LogP) is 5.01. The fourth-order valence-electron chi connectivity index (χ4n) is 1.96. The number of rotatable bonds is 7. The molecule has 1 aromatic carbocycles. The fourth-order valence-corrected chi connectivity index (χ4v) is 1.96. The van der Waals surface area contributed by atoms with Crippen LogP contribution in [0.15, 0.2) is 53.5 Å². The summed E-state index contributed by atoms with van der Waals surface area (Å²) in [4.78, 5) is 25.6. The van der Waals surface area contributed by atoms with Crippen molar-refractivity contribution in [2.45, 2.75) is 34.6 Å². The van der Waals surface area contributed by atoms with Crippen molar-refractivity contribution in [3.05, 3.63) is 59.3 Å². The van der Waals surface area contributed by atoms with E-state index in [0.717, 1.165) is 5.57 Å². The number of nitrogens with one attached hydrogen (secondary N) is 1. The Labute approximate surface area is 165 Å². The molecule has 0 saturated heterocycles. The average Bonchev–Trinajstić information content (AvgIpc) is 2.62. The minimum atomic E-state index is -0.540. The van der Waals surface area contributed by atoms with E-state index in [4.69, 9.17) is 9.47 Å². The number of nitrogens with zero attached hydrogens (tertiary/aromatic N) is 1. The van der Waals surface area contributed by atoms with Crippen LogP contribution in [-0.2, 0) is 9.53 Å². The molecule has 0 aliphatic carbocycles. The third-order valence-electron chi connectivity index (χ3n) is 3.70. The molecule has 0 aromatic heterocycles. The maximum Gasteiger partial charge on any atom is 0.338 e. The van der Waals surface area contributed by atoms with Gasteiger partial charge in [-0.3, -0.25) is 0 Å². The molecule has 28 heavy (non-hydrogen) atoms. The molecule has 0 unspecified atom stereocenters. The van der Waals surface area contributed by atoms with Crippen LogP contribution in [-0.4, -0.2) is 30.6 Å². The molecule has 1 aromatic rings. The van der Waals surface area contributed by atoms with Crippen molar-refractivity contribution in [3.63, 3.8) is 0 Å². The van der Waals surface area contributed by atoms with Crippen molar-refractivity contribution in [2.24, 2.45) is 0 Å². The molecule has 0 fully saturated rings. The molecule has 7 heteroatoms. The SMILES string of the molecule is C=C(C)C(=O)OC(/C=C(\C)N(C)C(=O)Nc1ccc(F)c(OCC)c1)=C(C)C. The minimum Gasteiger partial charge on any atom is -0.491 e. The van der Waals surface area contributed by atoms with E-state index < -0.39 is 17.8 Å². The number of anilines is 1. The van der Waals surface area contributed by atoms with Gasteiger partial charge in [-0.1, -0.05) is 6.58 Å². The van der Waals surface area contributed by atoms with Crippen LogP contribution in [0.2, 0.25) is 0 Å². The molecule has 6 nitrogen and oxygen atoms in total. The lowest BCUT2D eigenvalue weighted by atomic mass is 10.2. The molecule has 0 spiro atoms. The highest BCUT2D eigenvalue weighted by molar-refractivity contribution is 5.90. The first-order valence-electron chi connectivity index (χ1n) is 8.77. The number of carbonyl (C=O) groups excluding carboxylic acids is 2. The fraction of sp³-hybridized carbons (Fsp3) is 0.333. The summed E-state index contributed by atoms with van der Waals surface area (Å²) in [5, 5.41) is 2.67. The minimum absolute atomic E-state index is 0.0637. The number of urea groups is 1. The van der Waals surface area contributed by atoms with Gasteiger partial charge in [0, 0.05) is 36.1 Å². The summed E-state index contributed by atoms with van der Waals surface area (Å²) in [5.74, 6) is -0.641. The Balaban J connectivity index is 2.95. The van der Waals surface area contributed by atoms with E-state index in [1.807, 2.05) is 0 Å². The zero-order chi connectivity index (χ0) is 21.4. The summed E-state index contributed by atoms with van der Waals surface area (Å²) in [6.45, 7) is 12.4. The van der Waals surface area contributed by atoms with E-state index in [0.29, 0.717) is 23.8 Å². The number of halogens is 1. The maximum atomic E-state index is 13.7. The molecule has 152 valence electrons. The summed E-state index contributed by atoms with van der Waals surface area (Å²) in [6.07, 6.45) is 1.59. The molecule has 1 rings (SSSR count). The molecule has 0 aliphatic rings. The van der Waals surface area contributed by atoms with E-state index in [1.165, 1.54) is 23.1 Å². The smallest absolute Gasteiger partial charge is 0.338 e. The van der Waals surface area contributed by atoms with Gasteiger partial charge in [-0.25, -0.2) is 14.0 Å². The second kappa shape index (κ2) is 10.3. The van der Waals surface area contributed by atoms with Crippen LogP contribution in [0.3, 0.4) is 0 Å². The zero-order valence-corrected chi connectivity index (χ0v) is 17.2. The number of hydrogen-bond donors (Lipinski definition) is 1. The molecule has 0 atom stereocenters. The maximum absolute atomic E-state index is 13.7. The number of benzene rings is 1. The Morgan fingerprint density at radius 3 is 2.43 bits per heavy atom. The van der Waals surface area contributed by atoms with Gasteiger partial charge >= 0.3 is 12.0 Å². The number of amides is 2. The van der Waals surface area contributed by atoms with Crippen LogP contribution in [0.25, 0.3) is 0 Å². The lowest BCUT2D eigenvalue weighted by molar-refractivity contribution is -0.134. The van der Waals surface area contributed by atoms with Crippen LogP contribution in [0.5, 0.6) is 5.75 Å². The number of hydrogen-bond acceptors (Lipinski definition) is 4. The Morgan fingerprint density at radius 2 is 1.89 bits per heavy atom. The second-order valence-corrected chi connectivity index (χ2v) is 6.39. The number of esters is 1. The van der Waals surface area contributed by atoms with E-state index in [9.17, 15) is 14.0 Å². The molecule has 0 heterocycles. The van der Waals surface area contributed by atoms with E-state index in [-0.39, 0.29) is 11.3 Å². The van der Waals surface area contributed by atoms with Gasteiger partial charge in [-0.2, -0.15) is 0 Å². The molecule has 1 N–H and O–H groups in total. The summed E-state index contributed by atoms with van der Waals surface area (Å²) < 4.78 is 24.1. The highest BCUT2D eigenvalue weighted by Crippen LogP contribution is 2.22. The largest absolute Gasteiger partial charge is 0.491 e. The van der Waals surface area contributed by atoms with Crippen LogP contribution in [0.4, 0.5) is 14.9 Å². The van der Waals surface area contributed by atoms with Gasteiger partial charge in [-0.05, 0) is 52.3 Å². The predicted molar refractivity (Wildman–Crippen MR) is 107 cm³/mol. The summed E-state index contributed by atoms with van der Waals surface area (Å²) >= 11 is 0. The van der Waals surface area contributed by atoms with Gasteiger partial charge in [0.05, 0.1) is 6.61 Å². The van der Waals surface area contributed by atoms with Crippen molar-refractivity contribution >= 4 is 17.7 Å². The van der Waals surface area contributed by atoms with Crippen LogP contribution in [0, 0.1) is 5.82 Å². The Kier molecular flexibility index (Phi) is 8.44. The van der Waals surface area contributed by atoms with Gasteiger partial charge in [-0.15, -0.1) is 0 Å². The van der Waals surface area contributed by atoms with E-state index >= 15 is 0 Å².